The molecule has 1 aromatic rings. The zero-order valence-corrected chi connectivity index (χ0v) is 13.7. The van der Waals surface area contributed by atoms with Crippen molar-refractivity contribution in [2.75, 3.05) is 25.6 Å². The summed E-state index contributed by atoms with van der Waals surface area (Å²) in [6.07, 6.45) is 0.339. The number of hydrogen-bond acceptors (Lipinski definition) is 4. The van der Waals surface area contributed by atoms with Crippen molar-refractivity contribution in [2.24, 2.45) is 0 Å². The highest BCUT2D eigenvalue weighted by molar-refractivity contribution is 5.96. The first-order chi connectivity index (χ1) is 10.2. The molecule has 0 aliphatic carbocycles. The van der Waals surface area contributed by atoms with Gasteiger partial charge >= 0.3 is 6.09 Å². The third-order valence-electron chi connectivity index (χ3n) is 3.40. The predicted octanol–water partition coefficient (Wildman–Crippen LogP) is 2.62. The standard InChI is InChI=1S/C16H22N2O4/c1-16(2,3)22-15(20)18-9-8-11-10-12(6-7-13(11)18)14(19)17(4)21-5/h6-7,10H,8-9H2,1-5H3. The van der Waals surface area contributed by atoms with E-state index in [1.54, 1.807) is 30.1 Å². The van der Waals surface area contributed by atoms with Gasteiger partial charge in [0.2, 0.25) is 0 Å². The zero-order chi connectivity index (χ0) is 16.5. The largest absolute Gasteiger partial charge is 0.443 e. The number of anilines is 1. The lowest BCUT2D eigenvalue weighted by molar-refractivity contribution is -0.0757. The van der Waals surface area contributed by atoms with E-state index in [4.69, 9.17) is 9.57 Å². The molecule has 1 heterocycles. The summed E-state index contributed by atoms with van der Waals surface area (Å²) in [7, 11) is 3.00. The Labute approximate surface area is 130 Å². The van der Waals surface area contributed by atoms with E-state index in [0.717, 1.165) is 11.3 Å². The van der Waals surface area contributed by atoms with Gasteiger partial charge in [-0.1, -0.05) is 0 Å². The molecule has 0 bridgehead atoms. The third-order valence-corrected chi connectivity index (χ3v) is 3.40. The van der Waals surface area contributed by atoms with Crippen molar-refractivity contribution in [1.82, 2.24) is 5.06 Å². The van der Waals surface area contributed by atoms with Crippen LogP contribution in [0.2, 0.25) is 0 Å². The molecule has 0 atom stereocenters. The Morgan fingerprint density at radius 1 is 1.27 bits per heavy atom. The average Bonchev–Trinajstić information content (AvgIpc) is 2.86. The second-order valence-corrected chi connectivity index (χ2v) is 6.21. The summed E-state index contributed by atoms with van der Waals surface area (Å²) < 4.78 is 5.40. The third kappa shape index (κ3) is 3.39. The number of hydrogen-bond donors (Lipinski definition) is 0. The maximum Gasteiger partial charge on any atom is 0.414 e. The number of nitrogens with zero attached hydrogens (tertiary/aromatic N) is 2. The van der Waals surface area contributed by atoms with E-state index in [1.807, 2.05) is 20.8 Å². The molecule has 22 heavy (non-hydrogen) atoms. The summed E-state index contributed by atoms with van der Waals surface area (Å²) in [6.45, 7) is 6.07. The maximum atomic E-state index is 12.2. The van der Waals surface area contributed by atoms with Gasteiger partial charge in [-0.3, -0.25) is 14.5 Å². The Morgan fingerprint density at radius 2 is 1.95 bits per heavy atom. The monoisotopic (exact) mass is 306 g/mol. The minimum atomic E-state index is -0.531. The summed E-state index contributed by atoms with van der Waals surface area (Å²) in [4.78, 5) is 30.8. The molecular weight excluding hydrogens is 284 g/mol. The Morgan fingerprint density at radius 3 is 2.55 bits per heavy atom. The first-order valence-corrected chi connectivity index (χ1v) is 7.18. The van der Waals surface area contributed by atoms with Gasteiger partial charge < -0.3 is 4.74 Å². The number of amides is 2. The molecule has 120 valence electrons. The van der Waals surface area contributed by atoms with E-state index in [9.17, 15) is 9.59 Å². The lowest BCUT2D eigenvalue weighted by Gasteiger charge is -2.24. The van der Waals surface area contributed by atoms with Gasteiger partial charge in [-0.15, -0.1) is 0 Å². The molecule has 6 nitrogen and oxygen atoms in total. The van der Waals surface area contributed by atoms with Crippen LogP contribution < -0.4 is 4.90 Å². The van der Waals surface area contributed by atoms with Gasteiger partial charge in [-0.25, -0.2) is 9.86 Å². The minimum Gasteiger partial charge on any atom is -0.443 e. The number of fused-ring (bicyclic) bond motifs is 1. The van der Waals surface area contributed by atoms with Gasteiger partial charge in [-0.2, -0.15) is 0 Å². The normalized spacial score (nSPS) is 13.8. The molecule has 0 radical (unpaired) electrons. The number of rotatable bonds is 2. The topological polar surface area (TPSA) is 59.1 Å². The summed E-state index contributed by atoms with van der Waals surface area (Å²) >= 11 is 0. The van der Waals surface area contributed by atoms with Crippen molar-refractivity contribution >= 4 is 17.7 Å². The highest BCUT2D eigenvalue weighted by atomic mass is 16.7. The molecule has 0 fully saturated rings. The van der Waals surface area contributed by atoms with E-state index in [1.165, 1.54) is 12.2 Å². The van der Waals surface area contributed by atoms with Gasteiger partial charge in [0.15, 0.2) is 0 Å². The van der Waals surface area contributed by atoms with Crippen molar-refractivity contribution in [3.8, 4) is 0 Å². The molecule has 0 N–H and O–H groups in total. The van der Waals surface area contributed by atoms with E-state index < -0.39 is 5.60 Å². The molecule has 1 aromatic carbocycles. The first kappa shape index (κ1) is 16.3. The van der Waals surface area contributed by atoms with Gasteiger partial charge in [0, 0.05) is 19.2 Å². The predicted molar refractivity (Wildman–Crippen MR) is 82.8 cm³/mol. The first-order valence-electron chi connectivity index (χ1n) is 7.18. The maximum absolute atomic E-state index is 12.2. The van der Waals surface area contributed by atoms with Crippen LogP contribution in [0.25, 0.3) is 0 Å². The summed E-state index contributed by atoms with van der Waals surface area (Å²) in [5, 5.41) is 1.17. The minimum absolute atomic E-state index is 0.221. The molecule has 6 heteroatoms. The lowest BCUT2D eigenvalue weighted by atomic mass is 10.1. The van der Waals surface area contributed by atoms with Crippen LogP contribution in [0, 0.1) is 0 Å². The number of hydroxylamine groups is 2. The van der Waals surface area contributed by atoms with E-state index in [-0.39, 0.29) is 12.0 Å². The van der Waals surface area contributed by atoms with Gasteiger partial charge in [0.05, 0.1) is 12.8 Å². The van der Waals surface area contributed by atoms with Crippen molar-refractivity contribution in [1.29, 1.82) is 0 Å². The second-order valence-electron chi connectivity index (χ2n) is 6.21. The van der Waals surface area contributed by atoms with Gasteiger partial charge in [0.1, 0.15) is 5.60 Å². The fraction of sp³-hybridized carbons (Fsp3) is 0.500. The average molecular weight is 306 g/mol. The van der Waals surface area contributed by atoms with Gasteiger partial charge in [0.25, 0.3) is 5.91 Å². The fourth-order valence-corrected chi connectivity index (χ4v) is 2.31. The van der Waals surface area contributed by atoms with E-state index in [0.29, 0.717) is 18.5 Å². The quantitative estimate of drug-likeness (QED) is 0.788. The molecule has 0 aromatic heterocycles. The Hall–Kier alpha value is -2.08. The Kier molecular flexibility index (Phi) is 4.42. The van der Waals surface area contributed by atoms with Crippen LogP contribution >= 0.6 is 0 Å². The second kappa shape index (κ2) is 5.96. The summed E-state index contributed by atoms with van der Waals surface area (Å²) in [5.74, 6) is -0.221. The van der Waals surface area contributed by atoms with Crippen LogP contribution in [0.15, 0.2) is 18.2 Å². The van der Waals surface area contributed by atoms with Crippen LogP contribution in [0.4, 0.5) is 10.5 Å². The molecule has 2 rings (SSSR count). The van der Waals surface area contributed by atoms with Crippen molar-refractivity contribution in [2.45, 2.75) is 32.8 Å². The smallest absolute Gasteiger partial charge is 0.414 e. The lowest BCUT2D eigenvalue weighted by Crippen LogP contribution is -2.35. The SMILES string of the molecule is CON(C)C(=O)c1ccc2c(c1)CCN2C(=O)OC(C)(C)C. The molecule has 1 aliphatic heterocycles. The zero-order valence-electron chi connectivity index (χ0n) is 13.7. The molecule has 1 aliphatic rings. The number of carbonyl (C=O) groups excluding carboxylic acids is 2. The summed E-state index contributed by atoms with van der Waals surface area (Å²) in [5.41, 5.74) is 1.76. The molecule has 0 unspecified atom stereocenters. The fourth-order valence-electron chi connectivity index (χ4n) is 2.31. The van der Waals surface area contributed by atoms with E-state index in [2.05, 4.69) is 0 Å². The molecule has 0 saturated carbocycles. The Bertz CT molecular complexity index is 592. The number of ether oxygens (including phenoxy) is 1. The molecule has 2 amide bonds. The van der Waals surface area contributed by atoms with Gasteiger partial charge in [-0.05, 0) is 51.0 Å². The van der Waals surface area contributed by atoms with Crippen molar-refractivity contribution < 1.29 is 19.2 Å². The van der Waals surface area contributed by atoms with Crippen molar-refractivity contribution in [3.05, 3.63) is 29.3 Å². The molecule has 0 spiro atoms. The van der Waals surface area contributed by atoms with Crippen molar-refractivity contribution in [3.63, 3.8) is 0 Å². The van der Waals surface area contributed by atoms with E-state index >= 15 is 0 Å². The number of benzene rings is 1. The molecule has 0 saturated heterocycles. The van der Waals surface area contributed by atoms with Crippen LogP contribution in [-0.2, 0) is 16.0 Å². The Balaban J connectivity index is 2.20. The molecular formula is C16H22N2O4. The van der Waals surface area contributed by atoms with Crippen LogP contribution in [0.5, 0.6) is 0 Å². The highest BCUT2D eigenvalue weighted by Gasteiger charge is 2.29. The summed E-state index contributed by atoms with van der Waals surface area (Å²) in [6, 6.07) is 5.28. The van der Waals surface area contributed by atoms with Crippen LogP contribution in [-0.4, -0.2) is 43.4 Å². The van der Waals surface area contributed by atoms with Crippen LogP contribution in [0.3, 0.4) is 0 Å². The number of carbonyl (C=O) groups is 2. The highest BCUT2D eigenvalue weighted by Crippen LogP contribution is 2.30. The van der Waals surface area contributed by atoms with Crippen LogP contribution in [0.1, 0.15) is 36.7 Å².